The maximum absolute atomic E-state index is 6.30. The Bertz CT molecular complexity index is 1060. The lowest BCUT2D eigenvalue weighted by molar-refractivity contribution is 0.190. The van der Waals surface area contributed by atoms with Gasteiger partial charge in [0.05, 0.1) is 17.1 Å². The largest absolute Gasteiger partial charge is 0.385 e. The number of hydrogen-bond acceptors (Lipinski definition) is 5. The van der Waals surface area contributed by atoms with Gasteiger partial charge in [0.1, 0.15) is 12.0 Å². The predicted octanol–water partition coefficient (Wildman–Crippen LogP) is 3.43. The van der Waals surface area contributed by atoms with Crippen LogP contribution in [0.3, 0.4) is 0 Å². The Kier molecular flexibility index (Phi) is 5.13. The third kappa shape index (κ3) is 3.70. The topological polar surface area (TPSA) is 70.7 Å². The van der Waals surface area contributed by atoms with Gasteiger partial charge in [-0.3, -0.25) is 0 Å². The smallest absolute Gasteiger partial charge is 0.159 e. The summed E-state index contributed by atoms with van der Waals surface area (Å²) in [5.74, 6) is 1.63. The summed E-state index contributed by atoms with van der Waals surface area (Å²) in [6.07, 6.45) is 6.33. The summed E-state index contributed by atoms with van der Waals surface area (Å²) >= 11 is 6.30. The van der Waals surface area contributed by atoms with Gasteiger partial charge in [-0.1, -0.05) is 29.8 Å². The molecule has 4 rings (SSSR count). The number of rotatable bonds is 7. The number of hydrogen-bond donors (Lipinski definition) is 0. The number of methoxy groups -OCH3 is 1. The van der Waals surface area contributed by atoms with Crippen LogP contribution in [0.1, 0.15) is 12.2 Å². The molecule has 0 unspecified atom stereocenters. The van der Waals surface area contributed by atoms with Crippen molar-refractivity contribution < 1.29 is 4.74 Å². The van der Waals surface area contributed by atoms with Gasteiger partial charge in [-0.25, -0.2) is 9.97 Å². The summed E-state index contributed by atoms with van der Waals surface area (Å²) in [5.41, 5.74) is 1.54. The van der Waals surface area contributed by atoms with Gasteiger partial charge in [0.2, 0.25) is 0 Å². The highest BCUT2D eigenvalue weighted by Gasteiger charge is 2.12. The summed E-state index contributed by atoms with van der Waals surface area (Å²) in [4.78, 5) is 9.20. The highest BCUT2D eigenvalue weighted by atomic mass is 35.5. The number of nitrogens with zero attached hydrogens (tertiary/aromatic N) is 6. The van der Waals surface area contributed by atoms with E-state index in [0.29, 0.717) is 18.2 Å². The van der Waals surface area contributed by atoms with E-state index in [2.05, 4.69) is 15.2 Å². The number of benzene rings is 1. The van der Waals surface area contributed by atoms with Crippen molar-refractivity contribution in [3.8, 4) is 11.5 Å². The van der Waals surface area contributed by atoms with E-state index in [0.717, 1.165) is 41.2 Å². The summed E-state index contributed by atoms with van der Waals surface area (Å²) in [6.45, 7) is 2.07. The number of halogens is 1. The lowest BCUT2D eigenvalue weighted by atomic mass is 10.2. The van der Waals surface area contributed by atoms with Crippen molar-refractivity contribution in [2.24, 2.45) is 0 Å². The Morgan fingerprint density at radius 3 is 2.96 bits per heavy atom. The van der Waals surface area contributed by atoms with Gasteiger partial charge >= 0.3 is 0 Å². The first-order valence-corrected chi connectivity index (χ1v) is 9.06. The standard InChI is InChI=1S/C19H19ClN6O/c1-27-11-3-9-26-13-22-24-17(26)12-25-10-8-21-19(25)16-7-6-14-4-2-5-15(20)18(14)23-16/h2,4-8,10,13H,3,9,11-12H2,1H3. The highest BCUT2D eigenvalue weighted by Crippen LogP contribution is 2.25. The van der Waals surface area contributed by atoms with Crippen LogP contribution in [-0.4, -0.2) is 43.0 Å². The molecule has 0 spiro atoms. The van der Waals surface area contributed by atoms with Gasteiger partial charge in [-0.05, 0) is 18.6 Å². The van der Waals surface area contributed by atoms with Crippen LogP contribution in [0.25, 0.3) is 22.4 Å². The molecule has 0 N–H and O–H groups in total. The molecule has 0 saturated carbocycles. The Labute approximate surface area is 161 Å². The molecule has 0 radical (unpaired) electrons. The first-order valence-electron chi connectivity index (χ1n) is 8.68. The zero-order chi connectivity index (χ0) is 18.6. The van der Waals surface area contributed by atoms with Crippen molar-refractivity contribution in [3.63, 3.8) is 0 Å². The third-order valence-corrected chi connectivity index (χ3v) is 4.68. The van der Waals surface area contributed by atoms with Crippen LogP contribution in [-0.2, 0) is 17.8 Å². The summed E-state index contributed by atoms with van der Waals surface area (Å²) in [6, 6.07) is 9.72. The molecule has 1 aromatic carbocycles. The van der Waals surface area contributed by atoms with Gasteiger partial charge in [0, 0.05) is 38.0 Å². The van der Waals surface area contributed by atoms with Crippen LogP contribution >= 0.6 is 11.6 Å². The number of imidazole rings is 1. The van der Waals surface area contributed by atoms with E-state index in [-0.39, 0.29) is 0 Å². The van der Waals surface area contributed by atoms with Gasteiger partial charge in [0.25, 0.3) is 0 Å². The molecule has 8 heteroatoms. The molecule has 0 aliphatic rings. The molecule has 0 atom stereocenters. The molecule has 3 heterocycles. The second-order valence-electron chi connectivity index (χ2n) is 6.17. The van der Waals surface area contributed by atoms with Crippen molar-refractivity contribution in [1.82, 2.24) is 29.3 Å². The SMILES string of the molecule is COCCCn1cnnc1Cn1ccnc1-c1ccc2cccc(Cl)c2n1. The molecular weight excluding hydrogens is 364 g/mol. The summed E-state index contributed by atoms with van der Waals surface area (Å²) in [7, 11) is 1.70. The Hall–Kier alpha value is -2.77. The lowest BCUT2D eigenvalue weighted by Gasteiger charge is -2.10. The number of aryl methyl sites for hydroxylation is 1. The first-order chi connectivity index (χ1) is 13.3. The Balaban J connectivity index is 1.63. The number of aromatic nitrogens is 6. The first kappa shape index (κ1) is 17.6. The Morgan fingerprint density at radius 2 is 2.07 bits per heavy atom. The van der Waals surface area contributed by atoms with E-state index in [1.54, 1.807) is 19.6 Å². The van der Waals surface area contributed by atoms with Crippen molar-refractivity contribution in [1.29, 1.82) is 0 Å². The minimum absolute atomic E-state index is 0.560. The van der Waals surface area contributed by atoms with E-state index in [9.17, 15) is 0 Å². The highest BCUT2D eigenvalue weighted by molar-refractivity contribution is 6.35. The normalized spacial score (nSPS) is 11.3. The van der Waals surface area contributed by atoms with Crippen LogP contribution in [0.15, 0.2) is 49.1 Å². The zero-order valence-electron chi connectivity index (χ0n) is 14.9. The fraction of sp³-hybridized carbons (Fsp3) is 0.263. The molecule has 0 saturated heterocycles. The average Bonchev–Trinajstić information content (AvgIpc) is 3.32. The van der Waals surface area contributed by atoms with Gasteiger partial charge in [-0.2, -0.15) is 0 Å². The quantitative estimate of drug-likeness (QED) is 0.458. The number of fused-ring (bicyclic) bond motifs is 1. The van der Waals surface area contributed by atoms with E-state index in [1.165, 1.54) is 0 Å². The molecule has 3 aromatic heterocycles. The van der Waals surface area contributed by atoms with Crippen molar-refractivity contribution in [2.45, 2.75) is 19.5 Å². The maximum Gasteiger partial charge on any atom is 0.159 e. The monoisotopic (exact) mass is 382 g/mol. The van der Waals surface area contributed by atoms with Crippen LogP contribution < -0.4 is 0 Å². The average molecular weight is 383 g/mol. The molecule has 0 fully saturated rings. The number of pyridine rings is 1. The number of para-hydroxylation sites is 1. The molecular formula is C19H19ClN6O. The second kappa shape index (κ2) is 7.85. The fourth-order valence-corrected chi connectivity index (χ4v) is 3.25. The third-order valence-electron chi connectivity index (χ3n) is 4.37. The number of ether oxygens (including phenoxy) is 1. The van der Waals surface area contributed by atoms with Crippen LogP contribution in [0.2, 0.25) is 5.02 Å². The van der Waals surface area contributed by atoms with Crippen molar-refractivity contribution in [2.75, 3.05) is 13.7 Å². The summed E-state index contributed by atoms with van der Waals surface area (Å²) < 4.78 is 9.17. The minimum atomic E-state index is 0.560. The second-order valence-corrected chi connectivity index (χ2v) is 6.58. The van der Waals surface area contributed by atoms with E-state index in [1.807, 2.05) is 45.7 Å². The molecule has 4 aromatic rings. The molecule has 0 aliphatic carbocycles. The molecule has 138 valence electrons. The molecule has 7 nitrogen and oxygen atoms in total. The van der Waals surface area contributed by atoms with E-state index in [4.69, 9.17) is 21.3 Å². The zero-order valence-corrected chi connectivity index (χ0v) is 15.7. The predicted molar refractivity (Wildman–Crippen MR) is 104 cm³/mol. The van der Waals surface area contributed by atoms with Gasteiger partial charge < -0.3 is 13.9 Å². The lowest BCUT2D eigenvalue weighted by Crippen LogP contribution is -2.10. The van der Waals surface area contributed by atoms with Gasteiger partial charge in [0.15, 0.2) is 11.6 Å². The van der Waals surface area contributed by atoms with Crippen LogP contribution in [0.5, 0.6) is 0 Å². The maximum atomic E-state index is 6.30. The fourth-order valence-electron chi connectivity index (χ4n) is 3.03. The van der Waals surface area contributed by atoms with Crippen molar-refractivity contribution in [3.05, 3.63) is 59.9 Å². The minimum Gasteiger partial charge on any atom is -0.385 e. The molecule has 27 heavy (non-hydrogen) atoms. The van der Waals surface area contributed by atoms with Crippen LogP contribution in [0.4, 0.5) is 0 Å². The van der Waals surface area contributed by atoms with E-state index >= 15 is 0 Å². The Morgan fingerprint density at radius 1 is 1.15 bits per heavy atom. The van der Waals surface area contributed by atoms with Crippen LogP contribution in [0, 0.1) is 0 Å². The van der Waals surface area contributed by atoms with Gasteiger partial charge in [-0.15, -0.1) is 10.2 Å². The van der Waals surface area contributed by atoms with E-state index < -0.39 is 0 Å². The molecule has 0 aliphatic heterocycles. The van der Waals surface area contributed by atoms with Crippen molar-refractivity contribution >= 4 is 22.5 Å². The summed E-state index contributed by atoms with van der Waals surface area (Å²) in [5, 5.41) is 9.92. The molecule has 0 amide bonds. The molecule has 0 bridgehead atoms.